The van der Waals surface area contributed by atoms with Crippen molar-refractivity contribution in [3.05, 3.63) is 0 Å². The molecule has 0 fully saturated rings. The Morgan fingerprint density at radius 3 is 2.07 bits per heavy atom. The molecule has 0 amide bonds. The molecule has 84 valence electrons. The van der Waals surface area contributed by atoms with Crippen molar-refractivity contribution in [2.24, 2.45) is 4.99 Å². The molecule has 3 nitrogen and oxygen atoms in total. The highest BCUT2D eigenvalue weighted by Gasteiger charge is 1.97. The Morgan fingerprint density at radius 1 is 0.929 bits per heavy atom. The lowest BCUT2D eigenvalue weighted by Crippen LogP contribution is -2.10. The van der Waals surface area contributed by atoms with Crippen LogP contribution in [0.15, 0.2) is 4.99 Å². The van der Waals surface area contributed by atoms with Crippen LogP contribution in [0.3, 0.4) is 0 Å². The highest BCUT2D eigenvalue weighted by atomic mass is 16.7. The van der Waals surface area contributed by atoms with Gasteiger partial charge in [-0.05, 0) is 20.3 Å². The van der Waals surface area contributed by atoms with Crippen LogP contribution in [-0.2, 0) is 9.47 Å². The molecule has 0 spiro atoms. The molecule has 0 aromatic carbocycles. The molecular formula is C11H23NO2. The SMILES string of the molecule is CCCCCCN=C(OCC)OCC. The third kappa shape index (κ3) is 7.90. The summed E-state index contributed by atoms with van der Waals surface area (Å²) in [5, 5.41) is 0. The summed E-state index contributed by atoms with van der Waals surface area (Å²) in [4.78, 5) is 4.25. The Morgan fingerprint density at radius 2 is 1.57 bits per heavy atom. The molecule has 0 aliphatic heterocycles. The maximum Gasteiger partial charge on any atom is 0.383 e. The van der Waals surface area contributed by atoms with E-state index in [1.54, 1.807) is 0 Å². The molecule has 0 rings (SSSR count). The fourth-order valence-electron chi connectivity index (χ4n) is 1.09. The summed E-state index contributed by atoms with van der Waals surface area (Å²) < 4.78 is 10.4. The zero-order chi connectivity index (χ0) is 10.6. The zero-order valence-electron chi connectivity index (χ0n) is 9.71. The van der Waals surface area contributed by atoms with Crippen molar-refractivity contribution < 1.29 is 9.47 Å². The van der Waals surface area contributed by atoms with Crippen LogP contribution in [0.1, 0.15) is 46.5 Å². The Hall–Kier alpha value is -0.730. The van der Waals surface area contributed by atoms with Crippen molar-refractivity contribution in [3.8, 4) is 0 Å². The topological polar surface area (TPSA) is 30.8 Å². The van der Waals surface area contributed by atoms with Crippen molar-refractivity contribution >= 4 is 6.08 Å². The summed E-state index contributed by atoms with van der Waals surface area (Å²) in [5.74, 6) is 0. The molecule has 14 heavy (non-hydrogen) atoms. The van der Waals surface area contributed by atoms with Crippen molar-refractivity contribution in [2.45, 2.75) is 46.5 Å². The summed E-state index contributed by atoms with van der Waals surface area (Å²) in [6.07, 6.45) is 5.36. The van der Waals surface area contributed by atoms with Crippen LogP contribution in [-0.4, -0.2) is 25.8 Å². The maximum atomic E-state index is 5.22. The first-order chi connectivity index (χ1) is 6.85. The molecule has 0 aromatic rings. The van der Waals surface area contributed by atoms with Gasteiger partial charge in [-0.15, -0.1) is 0 Å². The Balaban J connectivity index is 3.56. The standard InChI is InChI=1S/C11H23NO2/c1-4-7-8-9-10-12-11(13-5-2)14-6-3/h4-10H2,1-3H3. The van der Waals surface area contributed by atoms with Gasteiger partial charge in [0.25, 0.3) is 0 Å². The van der Waals surface area contributed by atoms with Gasteiger partial charge >= 0.3 is 6.08 Å². The van der Waals surface area contributed by atoms with E-state index >= 15 is 0 Å². The quantitative estimate of drug-likeness (QED) is 0.360. The van der Waals surface area contributed by atoms with Crippen LogP contribution in [0, 0.1) is 0 Å². The van der Waals surface area contributed by atoms with E-state index in [1.807, 2.05) is 13.8 Å². The minimum Gasteiger partial charge on any atom is -0.451 e. The fourth-order valence-corrected chi connectivity index (χ4v) is 1.09. The third-order valence-electron chi connectivity index (χ3n) is 1.79. The predicted octanol–water partition coefficient (Wildman–Crippen LogP) is 3.00. The summed E-state index contributed by atoms with van der Waals surface area (Å²) in [6.45, 7) is 8.13. The average molecular weight is 201 g/mol. The van der Waals surface area contributed by atoms with Gasteiger partial charge in [-0.3, -0.25) is 0 Å². The highest BCUT2D eigenvalue weighted by Crippen LogP contribution is 1.99. The lowest BCUT2D eigenvalue weighted by Gasteiger charge is -2.06. The molecule has 3 heteroatoms. The molecule has 0 saturated heterocycles. The first-order valence-corrected chi connectivity index (χ1v) is 5.65. The van der Waals surface area contributed by atoms with Gasteiger partial charge in [0.05, 0.1) is 13.2 Å². The molecule has 0 aliphatic carbocycles. The highest BCUT2D eigenvalue weighted by molar-refractivity contribution is 5.66. The van der Waals surface area contributed by atoms with Crippen LogP contribution < -0.4 is 0 Å². The van der Waals surface area contributed by atoms with Crippen molar-refractivity contribution in [1.29, 1.82) is 0 Å². The van der Waals surface area contributed by atoms with Gasteiger partial charge in [-0.1, -0.05) is 26.2 Å². The number of rotatable bonds is 7. The fraction of sp³-hybridized carbons (Fsp3) is 0.909. The molecule has 0 atom stereocenters. The second kappa shape index (κ2) is 10.4. The van der Waals surface area contributed by atoms with Gasteiger partial charge in [0.2, 0.25) is 0 Å². The number of nitrogens with zero attached hydrogens (tertiary/aromatic N) is 1. The first kappa shape index (κ1) is 13.3. The second-order valence-electron chi connectivity index (χ2n) is 3.07. The van der Waals surface area contributed by atoms with E-state index in [9.17, 15) is 0 Å². The molecule has 0 bridgehead atoms. The van der Waals surface area contributed by atoms with Gasteiger partial charge in [0.1, 0.15) is 0 Å². The largest absolute Gasteiger partial charge is 0.451 e. The van der Waals surface area contributed by atoms with E-state index in [2.05, 4.69) is 11.9 Å². The van der Waals surface area contributed by atoms with Crippen LogP contribution in [0.2, 0.25) is 0 Å². The van der Waals surface area contributed by atoms with Crippen LogP contribution in [0.4, 0.5) is 0 Å². The van der Waals surface area contributed by atoms with Crippen molar-refractivity contribution in [1.82, 2.24) is 0 Å². The molecule has 0 radical (unpaired) electrons. The van der Waals surface area contributed by atoms with Gasteiger partial charge in [-0.25, -0.2) is 4.99 Å². The predicted molar refractivity (Wildman–Crippen MR) is 59.7 cm³/mol. The van der Waals surface area contributed by atoms with E-state index in [4.69, 9.17) is 9.47 Å². The number of unbranched alkanes of at least 4 members (excludes halogenated alkanes) is 3. The van der Waals surface area contributed by atoms with Gasteiger partial charge < -0.3 is 9.47 Å². The minimum atomic E-state index is 0.450. The van der Waals surface area contributed by atoms with Gasteiger partial charge in [-0.2, -0.15) is 0 Å². The molecular weight excluding hydrogens is 178 g/mol. The minimum absolute atomic E-state index is 0.450. The molecule has 0 aliphatic rings. The zero-order valence-corrected chi connectivity index (χ0v) is 9.71. The smallest absolute Gasteiger partial charge is 0.383 e. The van der Waals surface area contributed by atoms with Crippen LogP contribution in [0.25, 0.3) is 0 Å². The summed E-state index contributed by atoms with van der Waals surface area (Å²) >= 11 is 0. The van der Waals surface area contributed by atoms with Crippen molar-refractivity contribution in [3.63, 3.8) is 0 Å². The molecule has 0 N–H and O–H groups in total. The van der Waals surface area contributed by atoms with E-state index < -0.39 is 0 Å². The Kier molecular flexibility index (Phi) is 9.81. The molecule has 0 aromatic heterocycles. The Bertz CT molecular complexity index is 138. The summed E-state index contributed by atoms with van der Waals surface area (Å²) in [7, 11) is 0. The molecule has 0 heterocycles. The third-order valence-corrected chi connectivity index (χ3v) is 1.79. The van der Waals surface area contributed by atoms with Gasteiger partial charge in [0.15, 0.2) is 0 Å². The van der Waals surface area contributed by atoms with Crippen molar-refractivity contribution in [2.75, 3.05) is 19.8 Å². The number of aliphatic imine (C=N–C) groups is 1. The van der Waals surface area contributed by atoms with Gasteiger partial charge in [0, 0.05) is 6.54 Å². The summed E-state index contributed by atoms with van der Waals surface area (Å²) in [6, 6.07) is 0. The van der Waals surface area contributed by atoms with E-state index in [0.29, 0.717) is 19.3 Å². The summed E-state index contributed by atoms with van der Waals surface area (Å²) in [5.41, 5.74) is 0. The van der Waals surface area contributed by atoms with E-state index in [0.717, 1.165) is 13.0 Å². The van der Waals surface area contributed by atoms with Crippen LogP contribution >= 0.6 is 0 Å². The monoisotopic (exact) mass is 201 g/mol. The molecule has 0 unspecified atom stereocenters. The first-order valence-electron chi connectivity index (χ1n) is 5.65. The number of hydrogen-bond donors (Lipinski definition) is 0. The number of hydrogen-bond acceptors (Lipinski definition) is 3. The molecule has 0 saturated carbocycles. The lowest BCUT2D eigenvalue weighted by atomic mass is 10.2. The second-order valence-corrected chi connectivity index (χ2v) is 3.07. The van der Waals surface area contributed by atoms with Crippen LogP contribution in [0.5, 0.6) is 0 Å². The normalized spacial score (nSPS) is 9.64. The maximum absolute atomic E-state index is 5.22. The van der Waals surface area contributed by atoms with E-state index in [-0.39, 0.29) is 0 Å². The van der Waals surface area contributed by atoms with E-state index in [1.165, 1.54) is 19.3 Å². The number of ether oxygens (including phenoxy) is 2. The average Bonchev–Trinajstić information content (AvgIpc) is 2.18. The lowest BCUT2D eigenvalue weighted by molar-refractivity contribution is 0.179. The Labute approximate surface area is 87.5 Å².